The number of benzene rings is 2. The fourth-order valence-corrected chi connectivity index (χ4v) is 5.02. The molecule has 0 bridgehead atoms. The first-order chi connectivity index (χ1) is 20.7. The van der Waals surface area contributed by atoms with Crippen LogP contribution < -0.4 is 10.6 Å². The van der Waals surface area contributed by atoms with Crippen molar-refractivity contribution in [1.82, 2.24) is 25.0 Å². The number of halogens is 4. The molecule has 3 aromatic heterocycles. The van der Waals surface area contributed by atoms with Gasteiger partial charge in [-0.15, -0.1) is 5.10 Å². The number of nitrogens with zero attached hydrogens (tertiary/aromatic N) is 6. The molecule has 2 atom stereocenters. The Bertz CT molecular complexity index is 1870. The minimum Gasteiger partial charge on any atom is -0.377 e. The summed E-state index contributed by atoms with van der Waals surface area (Å²) >= 11 is 6.69. The smallest absolute Gasteiger partial charge is 0.248 e. The number of nitrogens with one attached hydrogen (secondary N) is 2. The number of anilines is 2. The Morgan fingerprint density at radius 3 is 2.57 bits per heavy atom. The van der Waals surface area contributed by atoms with Crippen LogP contribution in [-0.2, 0) is 0 Å². The summed E-state index contributed by atoms with van der Waals surface area (Å²) in [4.78, 5) is 7.87. The van der Waals surface area contributed by atoms with Crippen molar-refractivity contribution >= 4 is 33.9 Å². The molecule has 2 aromatic carbocycles. The first kappa shape index (κ1) is 26.2. The second-order valence-electron chi connectivity index (χ2n) is 9.98. The Morgan fingerprint density at radius 2 is 1.88 bits per heavy atom. The lowest BCUT2D eigenvalue weighted by Crippen LogP contribution is -2.14. The molecule has 1 unspecified atom stereocenters. The van der Waals surface area contributed by atoms with E-state index in [9.17, 15) is 19.8 Å². The van der Waals surface area contributed by atoms with Crippen LogP contribution >= 0.6 is 11.6 Å². The second-order valence-corrected chi connectivity index (χ2v) is 10.4. The predicted molar refractivity (Wildman–Crippen MR) is 152 cm³/mol. The standard InChI is InChI=1S/C30H24ClF3N8/c1-2-25(17-9-24(33)30(34)37-13-17)39-27-18(12-35)14-36-29-22(27)10-20(11-23(29)31)38-28(16-3-5-19(32)6-4-16)26-15-42(41-40-26)21-7-8-21/h3-6,9-11,13-15,21,25,28,38H,2,7-8H2,1H3,(H,36,39)/t25?,28-/m1/s1/i28D. The van der Waals surface area contributed by atoms with Crippen LogP contribution in [0.3, 0.4) is 0 Å². The van der Waals surface area contributed by atoms with Gasteiger partial charge in [0.05, 0.1) is 47.5 Å². The summed E-state index contributed by atoms with van der Waals surface area (Å²) in [7, 11) is 0. The van der Waals surface area contributed by atoms with Gasteiger partial charge in [0.2, 0.25) is 5.95 Å². The third-order valence-electron chi connectivity index (χ3n) is 7.08. The van der Waals surface area contributed by atoms with E-state index in [0.29, 0.717) is 45.5 Å². The van der Waals surface area contributed by atoms with Crippen molar-refractivity contribution in [2.75, 3.05) is 10.6 Å². The zero-order chi connectivity index (χ0) is 30.3. The van der Waals surface area contributed by atoms with Gasteiger partial charge in [0, 0.05) is 23.5 Å². The number of rotatable bonds is 9. The van der Waals surface area contributed by atoms with Crippen LogP contribution in [0.2, 0.25) is 5.02 Å². The minimum absolute atomic E-state index is 0.192. The SMILES string of the molecule is [2H][C@@](Nc1cc(Cl)c2ncc(C#N)c(NC(CC)c3cnc(F)c(F)c3)c2c1)(c1ccc(F)cc1)c1cn(C2CC2)nn1. The monoisotopic (exact) mass is 589 g/mol. The largest absolute Gasteiger partial charge is 0.377 e. The molecule has 212 valence electrons. The fraction of sp³-hybridized carbons (Fsp3) is 0.233. The van der Waals surface area contributed by atoms with E-state index in [4.69, 9.17) is 11.6 Å². The highest BCUT2D eigenvalue weighted by Crippen LogP contribution is 2.38. The molecule has 1 saturated carbocycles. The van der Waals surface area contributed by atoms with Crippen molar-refractivity contribution in [1.29, 1.82) is 5.26 Å². The van der Waals surface area contributed by atoms with Crippen LogP contribution in [0.4, 0.5) is 24.5 Å². The third-order valence-corrected chi connectivity index (χ3v) is 7.37. The van der Waals surface area contributed by atoms with Gasteiger partial charge < -0.3 is 10.6 Å². The molecule has 42 heavy (non-hydrogen) atoms. The van der Waals surface area contributed by atoms with Crippen molar-refractivity contribution in [2.45, 2.75) is 44.3 Å². The van der Waals surface area contributed by atoms with Crippen LogP contribution in [0.25, 0.3) is 10.9 Å². The van der Waals surface area contributed by atoms with E-state index in [1.807, 2.05) is 6.92 Å². The number of nitriles is 1. The van der Waals surface area contributed by atoms with E-state index >= 15 is 0 Å². The fourth-order valence-electron chi connectivity index (χ4n) is 4.75. The zero-order valence-corrected chi connectivity index (χ0v) is 23.0. The topological polar surface area (TPSA) is 104 Å². The number of aromatic nitrogens is 5. The highest BCUT2D eigenvalue weighted by Gasteiger charge is 2.27. The lowest BCUT2D eigenvalue weighted by Gasteiger charge is -2.22. The third kappa shape index (κ3) is 5.45. The quantitative estimate of drug-likeness (QED) is 0.174. The first-order valence-corrected chi connectivity index (χ1v) is 13.6. The van der Waals surface area contributed by atoms with Gasteiger partial charge in [0.1, 0.15) is 17.6 Å². The maximum absolute atomic E-state index is 14.0. The van der Waals surface area contributed by atoms with Gasteiger partial charge in [-0.3, -0.25) is 4.98 Å². The maximum atomic E-state index is 14.0. The lowest BCUT2D eigenvalue weighted by atomic mass is 10.0. The summed E-state index contributed by atoms with van der Waals surface area (Å²) in [5.41, 5.74) is 2.41. The van der Waals surface area contributed by atoms with E-state index in [1.54, 1.807) is 23.0 Å². The van der Waals surface area contributed by atoms with E-state index in [1.165, 1.54) is 36.7 Å². The van der Waals surface area contributed by atoms with E-state index in [0.717, 1.165) is 18.9 Å². The van der Waals surface area contributed by atoms with Crippen molar-refractivity contribution in [3.05, 3.63) is 106 Å². The molecule has 1 aliphatic rings. The summed E-state index contributed by atoms with van der Waals surface area (Å²) in [5.74, 6) is -2.74. The molecule has 12 heteroatoms. The minimum atomic E-state index is -1.70. The molecule has 2 N–H and O–H groups in total. The van der Waals surface area contributed by atoms with Gasteiger partial charge in [-0.05, 0) is 60.7 Å². The van der Waals surface area contributed by atoms with E-state index in [2.05, 4.69) is 37.0 Å². The summed E-state index contributed by atoms with van der Waals surface area (Å²) in [6.07, 6.45) is 6.71. The van der Waals surface area contributed by atoms with Gasteiger partial charge in [0.15, 0.2) is 5.82 Å². The summed E-state index contributed by atoms with van der Waals surface area (Å²) in [5, 5.41) is 25.6. The molecule has 0 radical (unpaired) electrons. The molecule has 3 heterocycles. The summed E-state index contributed by atoms with van der Waals surface area (Å²) in [6, 6.07) is 9.99. The van der Waals surface area contributed by atoms with E-state index < -0.39 is 29.6 Å². The average Bonchev–Trinajstić information content (AvgIpc) is 3.73. The molecule has 0 aliphatic heterocycles. The Balaban J connectivity index is 1.45. The normalized spacial score (nSPS) is 15.5. The molecule has 0 spiro atoms. The number of pyridine rings is 2. The maximum Gasteiger partial charge on any atom is 0.248 e. The summed E-state index contributed by atoms with van der Waals surface area (Å²) in [6.45, 7) is 1.85. The molecular formula is C30H24ClF3N8. The summed E-state index contributed by atoms with van der Waals surface area (Å²) < 4.78 is 52.7. The highest BCUT2D eigenvalue weighted by atomic mass is 35.5. The Labute approximate surface area is 245 Å². The molecule has 0 amide bonds. The molecule has 1 fully saturated rings. The lowest BCUT2D eigenvalue weighted by molar-refractivity contribution is 0.475. The molecule has 5 aromatic rings. The van der Waals surface area contributed by atoms with Crippen LogP contribution in [0.15, 0.2) is 61.1 Å². The van der Waals surface area contributed by atoms with Gasteiger partial charge in [-0.25, -0.2) is 18.4 Å². The Kier molecular flexibility index (Phi) is 7.05. The highest BCUT2D eigenvalue weighted by molar-refractivity contribution is 6.35. The first-order valence-electron chi connectivity index (χ1n) is 13.8. The zero-order valence-electron chi connectivity index (χ0n) is 23.2. The van der Waals surface area contributed by atoms with Crippen molar-refractivity contribution in [3.8, 4) is 6.07 Å². The van der Waals surface area contributed by atoms with Crippen molar-refractivity contribution in [3.63, 3.8) is 0 Å². The molecule has 0 saturated heterocycles. The van der Waals surface area contributed by atoms with Gasteiger partial charge in [-0.2, -0.15) is 9.65 Å². The van der Waals surface area contributed by atoms with Crippen LogP contribution in [-0.4, -0.2) is 25.0 Å². The number of hydrogen-bond acceptors (Lipinski definition) is 7. The van der Waals surface area contributed by atoms with E-state index in [-0.39, 0.29) is 16.6 Å². The Morgan fingerprint density at radius 1 is 1.10 bits per heavy atom. The van der Waals surface area contributed by atoms with Gasteiger partial charge in [-0.1, -0.05) is 35.9 Å². The van der Waals surface area contributed by atoms with Crippen LogP contribution in [0.5, 0.6) is 0 Å². The average molecular weight is 590 g/mol. The van der Waals surface area contributed by atoms with Crippen LogP contribution in [0, 0.1) is 28.9 Å². The van der Waals surface area contributed by atoms with Gasteiger partial charge >= 0.3 is 0 Å². The number of fused-ring (bicyclic) bond motifs is 1. The Hall–Kier alpha value is -4.69. The van der Waals surface area contributed by atoms with Gasteiger partial charge in [0.25, 0.3) is 0 Å². The predicted octanol–water partition coefficient (Wildman–Crippen LogP) is 7.26. The molecule has 1 aliphatic carbocycles. The molecular weight excluding hydrogens is 565 g/mol. The second kappa shape index (κ2) is 11.3. The molecule has 6 rings (SSSR count). The van der Waals surface area contributed by atoms with Crippen molar-refractivity contribution in [2.24, 2.45) is 0 Å². The number of hydrogen-bond donors (Lipinski definition) is 2. The van der Waals surface area contributed by atoms with Crippen LogP contribution in [0.1, 0.15) is 68.0 Å². The van der Waals surface area contributed by atoms with Crippen molar-refractivity contribution < 1.29 is 14.5 Å². The molecule has 8 nitrogen and oxygen atoms in total.